The van der Waals surface area contributed by atoms with Gasteiger partial charge in [-0.1, -0.05) is 26.7 Å². The van der Waals surface area contributed by atoms with Gasteiger partial charge in [0.15, 0.2) is 0 Å². The van der Waals surface area contributed by atoms with Crippen LogP contribution in [-0.4, -0.2) is 20.5 Å². The molecule has 1 heterocycles. The summed E-state index contributed by atoms with van der Waals surface area (Å²) in [6.07, 6.45) is 4.97. The van der Waals surface area contributed by atoms with Crippen molar-refractivity contribution < 1.29 is 4.92 Å². The topological polar surface area (TPSA) is 73.0 Å². The maximum atomic E-state index is 10.9. The van der Waals surface area contributed by atoms with Gasteiger partial charge in [-0.25, -0.2) is 0 Å². The van der Waals surface area contributed by atoms with Crippen LogP contribution in [0.1, 0.15) is 33.1 Å². The molecule has 1 N–H and O–H groups in total. The normalized spacial score (nSPS) is 28.1. The van der Waals surface area contributed by atoms with Crippen molar-refractivity contribution in [2.45, 2.75) is 39.2 Å². The first kappa shape index (κ1) is 12.9. The van der Waals surface area contributed by atoms with E-state index in [4.69, 9.17) is 0 Å². The van der Waals surface area contributed by atoms with Crippen LogP contribution in [0.3, 0.4) is 0 Å². The van der Waals surface area contributed by atoms with Crippen LogP contribution >= 0.6 is 0 Å². The number of anilines is 1. The van der Waals surface area contributed by atoms with Crippen molar-refractivity contribution >= 4 is 11.6 Å². The average molecular weight is 252 g/mol. The Morgan fingerprint density at radius 1 is 1.50 bits per heavy atom. The smallest absolute Gasteiger partial charge is 0.361 e. The fourth-order valence-corrected chi connectivity index (χ4v) is 2.68. The molecular weight excluding hydrogens is 232 g/mol. The van der Waals surface area contributed by atoms with Gasteiger partial charge in [0, 0.05) is 13.1 Å². The summed E-state index contributed by atoms with van der Waals surface area (Å²) in [5.74, 6) is 1.62. The number of nitrogens with zero attached hydrogens (tertiary/aromatic N) is 3. The Bertz CT molecular complexity index is 443. The van der Waals surface area contributed by atoms with E-state index in [2.05, 4.69) is 24.1 Å². The van der Waals surface area contributed by atoms with E-state index < -0.39 is 4.92 Å². The lowest BCUT2D eigenvalue weighted by atomic mass is 9.78. The number of hydrogen-bond acceptors (Lipinski definition) is 4. The zero-order valence-corrected chi connectivity index (χ0v) is 11.1. The molecule has 100 valence electrons. The highest BCUT2D eigenvalue weighted by molar-refractivity contribution is 5.52. The van der Waals surface area contributed by atoms with Gasteiger partial charge in [0.1, 0.15) is 0 Å². The molecule has 1 aliphatic carbocycles. The molecule has 0 aliphatic heterocycles. The van der Waals surface area contributed by atoms with Crippen molar-refractivity contribution in [2.24, 2.45) is 18.9 Å². The maximum absolute atomic E-state index is 10.9. The number of hydrogen-bond donors (Lipinski definition) is 1. The van der Waals surface area contributed by atoms with Crippen molar-refractivity contribution in [1.29, 1.82) is 0 Å². The molecule has 0 radical (unpaired) electrons. The quantitative estimate of drug-likeness (QED) is 0.662. The number of rotatable bonds is 3. The summed E-state index contributed by atoms with van der Waals surface area (Å²) in [6, 6.07) is 0.294. The largest absolute Gasteiger partial charge is 0.406 e. The summed E-state index contributed by atoms with van der Waals surface area (Å²) in [4.78, 5) is 14.3. The minimum atomic E-state index is -0.431. The molecule has 1 aromatic heterocycles. The number of aryl methyl sites for hydroxylation is 1. The van der Waals surface area contributed by atoms with Gasteiger partial charge in [-0.15, -0.1) is 0 Å². The predicted molar refractivity (Wildman–Crippen MR) is 69.5 cm³/mol. The van der Waals surface area contributed by atoms with Crippen LogP contribution in [0.2, 0.25) is 0 Å². The molecule has 6 nitrogen and oxygen atoms in total. The third kappa shape index (κ3) is 2.32. The minimum absolute atomic E-state index is 0.0806. The molecule has 3 unspecified atom stereocenters. The van der Waals surface area contributed by atoms with Gasteiger partial charge in [0.25, 0.3) is 0 Å². The molecule has 1 aliphatic rings. The fourth-order valence-electron chi connectivity index (χ4n) is 2.68. The van der Waals surface area contributed by atoms with E-state index in [9.17, 15) is 10.1 Å². The zero-order chi connectivity index (χ0) is 13.3. The first-order valence-corrected chi connectivity index (χ1v) is 6.43. The highest BCUT2D eigenvalue weighted by Crippen LogP contribution is 2.33. The maximum Gasteiger partial charge on any atom is 0.406 e. The number of nitrogens with one attached hydrogen (secondary N) is 1. The Hall–Kier alpha value is -1.59. The summed E-state index contributed by atoms with van der Waals surface area (Å²) >= 11 is 0. The van der Waals surface area contributed by atoms with Gasteiger partial charge < -0.3 is 15.4 Å². The van der Waals surface area contributed by atoms with E-state index in [1.54, 1.807) is 11.6 Å². The second kappa shape index (κ2) is 4.96. The van der Waals surface area contributed by atoms with Crippen LogP contribution in [0, 0.1) is 22.0 Å². The van der Waals surface area contributed by atoms with Gasteiger partial charge in [0.05, 0.1) is 0 Å². The number of nitro groups is 1. The highest BCUT2D eigenvalue weighted by Gasteiger charge is 2.30. The van der Waals surface area contributed by atoms with Crippen molar-refractivity contribution in [3.05, 3.63) is 16.4 Å². The van der Waals surface area contributed by atoms with E-state index >= 15 is 0 Å². The van der Waals surface area contributed by atoms with Crippen molar-refractivity contribution in [1.82, 2.24) is 9.55 Å². The van der Waals surface area contributed by atoms with E-state index in [1.807, 2.05) is 0 Å². The molecule has 0 saturated heterocycles. The molecule has 1 fully saturated rings. The summed E-state index contributed by atoms with van der Waals surface area (Å²) < 4.78 is 1.68. The first-order valence-electron chi connectivity index (χ1n) is 6.43. The van der Waals surface area contributed by atoms with Crippen molar-refractivity contribution in [2.75, 3.05) is 5.32 Å². The monoisotopic (exact) mass is 252 g/mol. The second-order valence-corrected chi connectivity index (χ2v) is 5.30. The third-order valence-electron chi connectivity index (χ3n) is 4.12. The van der Waals surface area contributed by atoms with E-state index in [1.165, 1.54) is 19.2 Å². The second-order valence-electron chi connectivity index (χ2n) is 5.30. The minimum Gasteiger partial charge on any atom is -0.361 e. The van der Waals surface area contributed by atoms with E-state index in [0.717, 1.165) is 6.42 Å². The summed E-state index contributed by atoms with van der Waals surface area (Å²) in [6.45, 7) is 4.46. The Morgan fingerprint density at radius 3 is 2.89 bits per heavy atom. The van der Waals surface area contributed by atoms with Crippen molar-refractivity contribution in [3.63, 3.8) is 0 Å². The average Bonchev–Trinajstić information content (AvgIpc) is 2.67. The van der Waals surface area contributed by atoms with Crippen LogP contribution in [0.25, 0.3) is 0 Å². The fraction of sp³-hybridized carbons (Fsp3) is 0.750. The molecule has 0 amide bonds. The highest BCUT2D eigenvalue weighted by atomic mass is 16.6. The zero-order valence-electron chi connectivity index (χ0n) is 11.1. The van der Waals surface area contributed by atoms with Crippen molar-refractivity contribution in [3.8, 4) is 0 Å². The van der Waals surface area contributed by atoms with Crippen LogP contribution in [-0.2, 0) is 7.05 Å². The van der Waals surface area contributed by atoms with E-state index in [-0.39, 0.29) is 5.82 Å². The van der Waals surface area contributed by atoms with Gasteiger partial charge in [-0.2, -0.15) is 0 Å². The molecule has 2 rings (SSSR count). The Labute approximate surface area is 107 Å². The molecule has 0 aromatic carbocycles. The lowest BCUT2D eigenvalue weighted by molar-refractivity contribution is -0.388. The van der Waals surface area contributed by atoms with Gasteiger partial charge >= 0.3 is 5.82 Å². The van der Waals surface area contributed by atoms with Gasteiger partial charge in [0.2, 0.25) is 12.1 Å². The standard InChI is InChI=1S/C12H20N4O2/c1-8-5-4-6-10(9(8)2)14-12-11(16(17)18)13-7-15(12)3/h7-10,14H,4-6H2,1-3H3. The molecule has 0 bridgehead atoms. The molecule has 1 saturated carbocycles. The Morgan fingerprint density at radius 2 is 2.22 bits per heavy atom. The molecular formula is C12H20N4O2. The summed E-state index contributed by atoms with van der Waals surface area (Å²) in [5.41, 5.74) is 0. The lowest BCUT2D eigenvalue weighted by Crippen LogP contribution is -2.35. The molecule has 0 spiro atoms. The third-order valence-corrected chi connectivity index (χ3v) is 4.12. The lowest BCUT2D eigenvalue weighted by Gasteiger charge is -2.34. The molecule has 1 aromatic rings. The Balaban J connectivity index is 2.18. The van der Waals surface area contributed by atoms with Crippen LogP contribution in [0.15, 0.2) is 6.33 Å². The van der Waals surface area contributed by atoms with Gasteiger partial charge in [-0.3, -0.25) is 4.57 Å². The molecule has 6 heteroatoms. The summed E-state index contributed by atoms with van der Waals surface area (Å²) in [5, 5.41) is 14.2. The number of aromatic nitrogens is 2. The molecule has 18 heavy (non-hydrogen) atoms. The molecule has 3 atom stereocenters. The van der Waals surface area contributed by atoms with Crippen LogP contribution in [0.4, 0.5) is 11.6 Å². The number of imidazole rings is 1. The van der Waals surface area contributed by atoms with E-state index in [0.29, 0.717) is 23.7 Å². The van der Waals surface area contributed by atoms with Crippen LogP contribution in [0.5, 0.6) is 0 Å². The first-order chi connectivity index (χ1) is 8.50. The van der Waals surface area contributed by atoms with Crippen LogP contribution < -0.4 is 5.32 Å². The predicted octanol–water partition coefficient (Wildman–Crippen LogP) is 2.56. The SMILES string of the molecule is CC1CCCC(Nc2c([N+](=O)[O-])ncn2C)C1C. The Kier molecular flexibility index (Phi) is 3.54. The summed E-state index contributed by atoms with van der Waals surface area (Å²) in [7, 11) is 1.78. The van der Waals surface area contributed by atoms with Gasteiger partial charge in [-0.05, 0) is 28.2 Å².